The Balaban J connectivity index is 1.97. The third-order valence-corrected chi connectivity index (χ3v) is 4.59. The first-order valence-electron chi connectivity index (χ1n) is 7.83. The van der Waals surface area contributed by atoms with E-state index in [-0.39, 0.29) is 18.0 Å². The number of nitrogens with zero attached hydrogens (tertiary/aromatic N) is 1. The van der Waals surface area contributed by atoms with Gasteiger partial charge in [-0.25, -0.2) is 0 Å². The summed E-state index contributed by atoms with van der Waals surface area (Å²) in [4.78, 5) is 14.6. The van der Waals surface area contributed by atoms with Gasteiger partial charge in [0.15, 0.2) is 0 Å². The molecule has 19 heavy (non-hydrogen) atoms. The summed E-state index contributed by atoms with van der Waals surface area (Å²) < 4.78 is 0. The summed E-state index contributed by atoms with van der Waals surface area (Å²) in [7, 11) is 0. The van der Waals surface area contributed by atoms with Gasteiger partial charge in [-0.3, -0.25) is 9.69 Å². The van der Waals surface area contributed by atoms with Crippen LogP contribution in [0.2, 0.25) is 0 Å². The smallest absolute Gasteiger partial charge is 0.237 e. The number of nitrogens with one attached hydrogen (secondary N) is 2. The normalized spacial score (nSPS) is 31.8. The summed E-state index contributed by atoms with van der Waals surface area (Å²) in [6.07, 6.45) is 5.02. The molecule has 4 nitrogen and oxygen atoms in total. The minimum Gasteiger partial charge on any atom is -0.353 e. The van der Waals surface area contributed by atoms with Gasteiger partial charge in [-0.1, -0.05) is 6.92 Å². The van der Waals surface area contributed by atoms with Gasteiger partial charge in [0, 0.05) is 24.2 Å². The molecule has 0 aromatic heterocycles. The largest absolute Gasteiger partial charge is 0.353 e. The average Bonchev–Trinajstić information content (AvgIpc) is 2.68. The maximum atomic E-state index is 12.2. The number of fused-ring (bicyclic) bond motifs is 2. The summed E-state index contributed by atoms with van der Waals surface area (Å²) in [5.74, 6) is 0.169. The molecule has 2 rings (SSSR count). The molecule has 2 fully saturated rings. The van der Waals surface area contributed by atoms with Crippen LogP contribution >= 0.6 is 0 Å². The van der Waals surface area contributed by atoms with Crippen molar-refractivity contribution in [3.05, 3.63) is 0 Å². The molecule has 0 saturated carbocycles. The van der Waals surface area contributed by atoms with Crippen LogP contribution in [0, 0.1) is 0 Å². The molecular formula is C15H29N3O. The van der Waals surface area contributed by atoms with Gasteiger partial charge < -0.3 is 10.6 Å². The Hall–Kier alpha value is -0.610. The van der Waals surface area contributed by atoms with Crippen LogP contribution in [0.4, 0.5) is 0 Å². The van der Waals surface area contributed by atoms with E-state index in [9.17, 15) is 4.79 Å². The molecular weight excluding hydrogens is 238 g/mol. The molecule has 110 valence electrons. The Kier molecular flexibility index (Phi) is 4.85. The van der Waals surface area contributed by atoms with Crippen molar-refractivity contribution >= 4 is 5.91 Å². The van der Waals surface area contributed by atoms with Gasteiger partial charge in [0.25, 0.3) is 0 Å². The Morgan fingerprint density at radius 2 is 1.84 bits per heavy atom. The fourth-order valence-corrected chi connectivity index (χ4v) is 3.70. The summed E-state index contributed by atoms with van der Waals surface area (Å²) in [6.45, 7) is 9.21. The summed E-state index contributed by atoms with van der Waals surface area (Å²) in [5.41, 5.74) is 0. The molecule has 0 aromatic rings. The second kappa shape index (κ2) is 6.23. The zero-order valence-electron chi connectivity index (χ0n) is 12.8. The van der Waals surface area contributed by atoms with E-state index < -0.39 is 0 Å². The number of hydrogen-bond donors (Lipinski definition) is 2. The predicted octanol–water partition coefficient (Wildman–Crippen LogP) is 1.50. The molecule has 1 amide bonds. The number of amides is 1. The molecule has 2 bridgehead atoms. The lowest BCUT2D eigenvalue weighted by atomic mass is 9.96. The van der Waals surface area contributed by atoms with E-state index in [1.165, 1.54) is 25.7 Å². The first-order valence-corrected chi connectivity index (χ1v) is 7.83. The SMILES string of the molecule is CCN(C1CC2CCC(C1)N2)C(C)C(=O)NC(C)C. The van der Waals surface area contributed by atoms with Crippen molar-refractivity contribution in [3.63, 3.8) is 0 Å². The monoisotopic (exact) mass is 267 g/mol. The molecule has 2 N–H and O–H groups in total. The molecule has 0 aliphatic carbocycles. The molecule has 3 atom stereocenters. The van der Waals surface area contributed by atoms with Crippen LogP contribution in [0.5, 0.6) is 0 Å². The number of piperidine rings is 1. The molecule has 2 aliphatic heterocycles. The highest BCUT2D eigenvalue weighted by molar-refractivity contribution is 5.81. The van der Waals surface area contributed by atoms with E-state index in [4.69, 9.17) is 0 Å². The Bertz CT molecular complexity index is 307. The molecule has 2 heterocycles. The topological polar surface area (TPSA) is 44.4 Å². The lowest BCUT2D eigenvalue weighted by Gasteiger charge is -2.40. The molecule has 0 aromatic carbocycles. The van der Waals surface area contributed by atoms with Gasteiger partial charge in [-0.15, -0.1) is 0 Å². The minimum absolute atomic E-state index is 0.0186. The lowest BCUT2D eigenvalue weighted by molar-refractivity contribution is -0.127. The summed E-state index contributed by atoms with van der Waals surface area (Å²) >= 11 is 0. The number of rotatable bonds is 5. The van der Waals surface area contributed by atoms with Crippen molar-refractivity contribution < 1.29 is 4.79 Å². The highest BCUT2D eigenvalue weighted by atomic mass is 16.2. The van der Waals surface area contributed by atoms with Crippen LogP contribution in [-0.2, 0) is 4.79 Å². The fraction of sp³-hybridized carbons (Fsp3) is 0.933. The van der Waals surface area contributed by atoms with Crippen molar-refractivity contribution in [2.24, 2.45) is 0 Å². The highest BCUT2D eigenvalue weighted by Crippen LogP contribution is 2.30. The third-order valence-electron chi connectivity index (χ3n) is 4.59. The van der Waals surface area contributed by atoms with Crippen molar-refractivity contribution in [2.75, 3.05) is 6.54 Å². The van der Waals surface area contributed by atoms with Gasteiger partial charge in [0.1, 0.15) is 0 Å². The Labute approximate surface area is 117 Å². The van der Waals surface area contributed by atoms with Gasteiger partial charge in [-0.2, -0.15) is 0 Å². The van der Waals surface area contributed by atoms with Crippen LogP contribution < -0.4 is 10.6 Å². The van der Waals surface area contributed by atoms with E-state index in [1.807, 2.05) is 20.8 Å². The molecule has 0 spiro atoms. The lowest BCUT2D eigenvalue weighted by Crippen LogP contribution is -2.55. The maximum absolute atomic E-state index is 12.2. The zero-order chi connectivity index (χ0) is 14.0. The Morgan fingerprint density at radius 3 is 2.32 bits per heavy atom. The van der Waals surface area contributed by atoms with Crippen molar-refractivity contribution in [2.45, 2.75) is 83.6 Å². The number of carbonyl (C=O) groups excluding carboxylic acids is 1. The maximum Gasteiger partial charge on any atom is 0.237 e. The van der Waals surface area contributed by atoms with E-state index in [2.05, 4.69) is 22.5 Å². The summed E-state index contributed by atoms with van der Waals surface area (Å²) in [5, 5.41) is 6.71. The zero-order valence-corrected chi connectivity index (χ0v) is 12.8. The Morgan fingerprint density at radius 1 is 1.26 bits per heavy atom. The van der Waals surface area contributed by atoms with E-state index in [0.717, 1.165) is 6.54 Å². The molecule has 3 unspecified atom stereocenters. The van der Waals surface area contributed by atoms with Crippen LogP contribution in [0.1, 0.15) is 53.4 Å². The van der Waals surface area contributed by atoms with Crippen LogP contribution in [0.15, 0.2) is 0 Å². The number of hydrogen-bond acceptors (Lipinski definition) is 3. The fourth-order valence-electron chi connectivity index (χ4n) is 3.70. The molecule has 4 heteroatoms. The van der Waals surface area contributed by atoms with Crippen molar-refractivity contribution in [3.8, 4) is 0 Å². The van der Waals surface area contributed by atoms with Crippen LogP contribution in [0.25, 0.3) is 0 Å². The predicted molar refractivity (Wildman–Crippen MR) is 78.1 cm³/mol. The van der Waals surface area contributed by atoms with E-state index in [1.54, 1.807) is 0 Å². The second-order valence-corrected chi connectivity index (χ2v) is 6.43. The molecule has 2 aliphatic rings. The molecule has 2 saturated heterocycles. The van der Waals surface area contributed by atoms with Gasteiger partial charge in [0.05, 0.1) is 6.04 Å². The van der Waals surface area contributed by atoms with E-state index >= 15 is 0 Å². The minimum atomic E-state index is -0.0186. The van der Waals surface area contributed by atoms with Crippen molar-refractivity contribution in [1.82, 2.24) is 15.5 Å². The third kappa shape index (κ3) is 3.48. The van der Waals surface area contributed by atoms with Crippen molar-refractivity contribution in [1.29, 1.82) is 0 Å². The number of likely N-dealkylation sites (N-methyl/N-ethyl adjacent to an activating group) is 1. The first kappa shape index (κ1) is 14.8. The highest BCUT2D eigenvalue weighted by Gasteiger charge is 2.38. The van der Waals surface area contributed by atoms with Crippen LogP contribution in [-0.4, -0.2) is 47.6 Å². The average molecular weight is 267 g/mol. The van der Waals surface area contributed by atoms with E-state index in [0.29, 0.717) is 18.1 Å². The van der Waals surface area contributed by atoms with Gasteiger partial charge in [0.2, 0.25) is 5.91 Å². The van der Waals surface area contributed by atoms with Crippen LogP contribution in [0.3, 0.4) is 0 Å². The van der Waals surface area contributed by atoms with Gasteiger partial charge >= 0.3 is 0 Å². The molecule has 0 radical (unpaired) electrons. The standard InChI is InChI=1S/C15H29N3O/c1-5-18(11(4)15(19)16-10(2)3)14-8-12-6-7-13(9-14)17-12/h10-14,17H,5-9H2,1-4H3,(H,16,19). The number of carbonyl (C=O) groups is 1. The van der Waals surface area contributed by atoms with Gasteiger partial charge in [-0.05, 0) is 53.0 Å². The summed E-state index contributed by atoms with van der Waals surface area (Å²) in [6, 6.07) is 2.13. The first-order chi connectivity index (χ1) is 9.01. The second-order valence-electron chi connectivity index (χ2n) is 6.43. The quantitative estimate of drug-likeness (QED) is 0.793.